The van der Waals surface area contributed by atoms with Gasteiger partial charge >= 0.3 is 0 Å². The number of amidine groups is 1. The summed E-state index contributed by atoms with van der Waals surface area (Å²) < 4.78 is 32.1. The van der Waals surface area contributed by atoms with Crippen LogP contribution in [0.4, 0.5) is 5.69 Å². The van der Waals surface area contributed by atoms with Crippen molar-refractivity contribution < 1.29 is 22.7 Å². The summed E-state index contributed by atoms with van der Waals surface area (Å²) in [6, 6.07) is 13.9. The molecule has 0 bridgehead atoms. The number of hydrogen-bond acceptors (Lipinski definition) is 5. The Hall–Kier alpha value is -3.40. The molecule has 0 aliphatic carbocycles. The summed E-state index contributed by atoms with van der Waals surface area (Å²) in [6.45, 7) is 0.871. The first-order chi connectivity index (χ1) is 15.6. The van der Waals surface area contributed by atoms with Crippen LogP contribution in [0.25, 0.3) is 0 Å². The van der Waals surface area contributed by atoms with Crippen molar-refractivity contribution in [3.63, 3.8) is 0 Å². The highest BCUT2D eigenvalue weighted by Gasteiger charge is 2.31. The summed E-state index contributed by atoms with van der Waals surface area (Å²) in [5.74, 6) is 0.757. The Labute approximate surface area is 194 Å². The van der Waals surface area contributed by atoms with Gasteiger partial charge in [-0.25, -0.2) is 8.42 Å². The third-order valence-electron chi connectivity index (χ3n) is 5.22. The van der Waals surface area contributed by atoms with Gasteiger partial charge in [0.15, 0.2) is 0 Å². The van der Waals surface area contributed by atoms with E-state index >= 15 is 0 Å². The van der Waals surface area contributed by atoms with Gasteiger partial charge in [-0.15, -0.1) is 4.40 Å². The Morgan fingerprint density at radius 1 is 1.12 bits per heavy atom. The molecule has 1 atom stereocenters. The molecule has 10 heteroatoms. The van der Waals surface area contributed by atoms with Crippen LogP contribution in [0.1, 0.15) is 22.3 Å². The molecule has 1 N–H and O–H groups in total. The van der Waals surface area contributed by atoms with Crippen molar-refractivity contribution in [2.24, 2.45) is 10.3 Å². The molecule has 9 nitrogen and oxygen atoms in total. The summed E-state index contributed by atoms with van der Waals surface area (Å²) in [5, 5.41) is 2.89. The molecule has 0 spiro atoms. The first-order valence-corrected chi connectivity index (χ1v) is 12.2. The first-order valence-electron chi connectivity index (χ1n) is 10.4. The Bertz CT molecular complexity index is 1140. The molecule has 1 unspecified atom stereocenters. The van der Waals surface area contributed by atoms with E-state index in [4.69, 9.17) is 4.74 Å². The standard InChI is InChI=1S/C23H28N4O5S/c1-26(2)22(25-33(4,30)31)17-5-9-19(10-6-17)27-15-16(13-21(27)28)14-24-23(29)18-7-11-20(32-3)12-8-18/h5-12,16H,13-15H2,1-4H3,(H,24,29)/b25-22+. The van der Waals surface area contributed by atoms with Crippen molar-refractivity contribution >= 4 is 33.4 Å². The molecule has 1 saturated heterocycles. The average molecular weight is 473 g/mol. The van der Waals surface area contributed by atoms with Crippen molar-refractivity contribution in [1.82, 2.24) is 10.2 Å². The fraction of sp³-hybridized carbons (Fsp3) is 0.348. The number of sulfonamides is 1. The van der Waals surface area contributed by atoms with Crippen LogP contribution in [-0.2, 0) is 14.8 Å². The van der Waals surface area contributed by atoms with Gasteiger partial charge in [-0.3, -0.25) is 9.59 Å². The van der Waals surface area contributed by atoms with Gasteiger partial charge < -0.3 is 19.9 Å². The minimum Gasteiger partial charge on any atom is -0.497 e. The number of carbonyl (C=O) groups excluding carboxylic acids is 2. The second-order valence-electron chi connectivity index (χ2n) is 8.10. The average Bonchev–Trinajstić information content (AvgIpc) is 3.15. The van der Waals surface area contributed by atoms with E-state index in [0.29, 0.717) is 47.9 Å². The van der Waals surface area contributed by atoms with Gasteiger partial charge in [0.05, 0.1) is 13.4 Å². The molecule has 2 aromatic rings. The monoisotopic (exact) mass is 472 g/mol. The molecule has 33 heavy (non-hydrogen) atoms. The highest BCUT2D eigenvalue weighted by Crippen LogP contribution is 2.25. The van der Waals surface area contributed by atoms with Crippen molar-refractivity contribution in [3.8, 4) is 5.75 Å². The molecule has 1 aliphatic heterocycles. The van der Waals surface area contributed by atoms with Gasteiger partial charge in [-0.05, 0) is 48.5 Å². The van der Waals surface area contributed by atoms with E-state index in [2.05, 4.69) is 9.71 Å². The second-order valence-corrected chi connectivity index (χ2v) is 9.75. The predicted octanol–water partition coefficient (Wildman–Crippen LogP) is 1.75. The number of amides is 2. The number of methoxy groups -OCH3 is 1. The van der Waals surface area contributed by atoms with Crippen LogP contribution in [0.3, 0.4) is 0 Å². The topological polar surface area (TPSA) is 108 Å². The van der Waals surface area contributed by atoms with E-state index in [1.807, 2.05) is 0 Å². The maximum atomic E-state index is 12.6. The van der Waals surface area contributed by atoms with E-state index in [-0.39, 0.29) is 17.7 Å². The van der Waals surface area contributed by atoms with E-state index in [0.717, 1.165) is 6.26 Å². The SMILES string of the molecule is COc1ccc(C(=O)NCC2CC(=O)N(c3ccc(/C(=N\S(C)(=O)=O)N(C)C)cc3)C2)cc1. The minimum absolute atomic E-state index is 0.0106. The molecule has 0 saturated carbocycles. The molecule has 1 fully saturated rings. The summed E-state index contributed by atoms with van der Waals surface area (Å²) in [7, 11) is 1.44. The molecule has 0 radical (unpaired) electrons. The first kappa shape index (κ1) is 24.2. The maximum Gasteiger partial charge on any atom is 0.252 e. The fourth-order valence-electron chi connectivity index (χ4n) is 3.59. The minimum atomic E-state index is -3.55. The highest BCUT2D eigenvalue weighted by atomic mass is 32.2. The lowest BCUT2D eigenvalue weighted by molar-refractivity contribution is -0.117. The molecule has 1 aliphatic rings. The van der Waals surface area contributed by atoms with Crippen molar-refractivity contribution in [3.05, 3.63) is 59.7 Å². The number of anilines is 1. The quantitative estimate of drug-likeness (QED) is 0.486. The van der Waals surface area contributed by atoms with E-state index in [9.17, 15) is 18.0 Å². The molecule has 0 aromatic heterocycles. The van der Waals surface area contributed by atoms with Gasteiger partial charge in [0, 0.05) is 56.3 Å². The number of ether oxygens (including phenoxy) is 1. The van der Waals surface area contributed by atoms with E-state index in [1.165, 1.54) is 0 Å². The summed E-state index contributed by atoms with van der Waals surface area (Å²) >= 11 is 0. The lowest BCUT2D eigenvalue weighted by Gasteiger charge is -2.19. The zero-order chi connectivity index (χ0) is 24.2. The Kier molecular flexibility index (Phi) is 7.37. The molecule has 2 amide bonds. The van der Waals surface area contributed by atoms with Gasteiger partial charge in [-0.1, -0.05) is 0 Å². The lowest BCUT2D eigenvalue weighted by atomic mass is 10.1. The van der Waals surface area contributed by atoms with Crippen LogP contribution < -0.4 is 15.0 Å². The van der Waals surface area contributed by atoms with Crippen LogP contribution >= 0.6 is 0 Å². The number of nitrogens with one attached hydrogen (secondary N) is 1. The predicted molar refractivity (Wildman–Crippen MR) is 127 cm³/mol. The number of rotatable bonds is 7. The van der Waals surface area contributed by atoms with Crippen molar-refractivity contribution in [1.29, 1.82) is 0 Å². The smallest absolute Gasteiger partial charge is 0.252 e. The van der Waals surface area contributed by atoms with Crippen LogP contribution in [-0.4, -0.2) is 71.5 Å². The Balaban J connectivity index is 1.63. The summed E-state index contributed by atoms with van der Waals surface area (Å²) in [6.07, 6.45) is 1.38. The van der Waals surface area contributed by atoms with Gasteiger partial charge in [0.2, 0.25) is 5.91 Å². The van der Waals surface area contributed by atoms with Crippen LogP contribution in [0.5, 0.6) is 5.75 Å². The summed E-state index contributed by atoms with van der Waals surface area (Å²) in [4.78, 5) is 28.3. The zero-order valence-corrected chi connectivity index (χ0v) is 19.9. The van der Waals surface area contributed by atoms with Gasteiger partial charge in [-0.2, -0.15) is 0 Å². The van der Waals surface area contributed by atoms with Crippen molar-refractivity contribution in [2.45, 2.75) is 6.42 Å². The van der Waals surface area contributed by atoms with Crippen LogP contribution in [0, 0.1) is 5.92 Å². The third kappa shape index (κ3) is 6.32. The van der Waals surface area contributed by atoms with E-state index in [1.54, 1.807) is 79.5 Å². The zero-order valence-electron chi connectivity index (χ0n) is 19.1. The molecular formula is C23H28N4O5S. The van der Waals surface area contributed by atoms with Crippen LogP contribution in [0.15, 0.2) is 52.9 Å². The molecular weight excluding hydrogens is 444 g/mol. The summed E-state index contributed by atoms with van der Waals surface area (Å²) in [5.41, 5.74) is 1.87. The highest BCUT2D eigenvalue weighted by molar-refractivity contribution is 7.89. The van der Waals surface area contributed by atoms with Gasteiger partial charge in [0.25, 0.3) is 15.9 Å². The largest absolute Gasteiger partial charge is 0.497 e. The second kappa shape index (κ2) is 10.0. The molecule has 176 valence electrons. The number of nitrogens with zero attached hydrogens (tertiary/aromatic N) is 3. The van der Waals surface area contributed by atoms with E-state index < -0.39 is 10.0 Å². The number of hydrogen-bond donors (Lipinski definition) is 1. The fourth-order valence-corrected chi connectivity index (χ4v) is 4.17. The third-order valence-corrected chi connectivity index (χ3v) is 5.73. The maximum absolute atomic E-state index is 12.6. The molecule has 3 rings (SSSR count). The molecule has 1 heterocycles. The number of benzene rings is 2. The normalized spacial score (nSPS) is 16.6. The van der Waals surface area contributed by atoms with Gasteiger partial charge in [0.1, 0.15) is 11.6 Å². The Morgan fingerprint density at radius 2 is 1.73 bits per heavy atom. The number of carbonyl (C=O) groups is 2. The lowest BCUT2D eigenvalue weighted by Crippen LogP contribution is -2.31. The molecule has 2 aromatic carbocycles. The van der Waals surface area contributed by atoms with Crippen LogP contribution in [0.2, 0.25) is 0 Å². The van der Waals surface area contributed by atoms with Crippen molar-refractivity contribution in [2.75, 3.05) is 45.5 Å². The Morgan fingerprint density at radius 3 is 2.27 bits per heavy atom.